The lowest BCUT2D eigenvalue weighted by atomic mass is 10.0. The molecule has 0 saturated heterocycles. The third-order valence-corrected chi connectivity index (χ3v) is 4.95. The van der Waals surface area contributed by atoms with E-state index >= 15 is 0 Å². The Kier molecular flexibility index (Phi) is 10.3. The van der Waals surface area contributed by atoms with Crippen molar-refractivity contribution in [2.24, 2.45) is 5.92 Å². The lowest BCUT2D eigenvalue weighted by Crippen LogP contribution is -2.02. The number of ketones is 1. The molecular weight excluding hydrogens is 328 g/mol. The molecule has 0 aliphatic rings. The Morgan fingerprint density at radius 1 is 1.24 bits per heavy atom. The fourth-order valence-electron chi connectivity index (χ4n) is 2.51. The second-order valence-electron chi connectivity index (χ2n) is 6.72. The monoisotopic (exact) mass is 360 g/mol. The number of allylic oxidation sites excluding steroid dienone is 2. The third-order valence-electron chi connectivity index (χ3n) is 4.34. The first-order valence-corrected chi connectivity index (χ1v) is 10.4. The van der Waals surface area contributed by atoms with Gasteiger partial charge in [-0.3, -0.25) is 4.79 Å². The van der Waals surface area contributed by atoms with Crippen molar-refractivity contribution in [1.82, 2.24) is 0 Å². The Bertz CT molecular complexity index is 572. The molecule has 0 fully saturated rings. The standard InChI is InChI=1S/C22H32O2S/c1-17-11-13-21(14-12-17)19(3)15-24-20(4)18(2)9-7-6-8-10-22(23)16-25-5/h11-15,18H,4,6-10,16H2,1-3,5H3/b19-15+. The van der Waals surface area contributed by atoms with E-state index in [4.69, 9.17) is 4.74 Å². The zero-order valence-corrected chi connectivity index (χ0v) is 17.0. The molecule has 0 saturated carbocycles. The predicted molar refractivity (Wildman–Crippen MR) is 111 cm³/mol. The summed E-state index contributed by atoms with van der Waals surface area (Å²) >= 11 is 1.61. The lowest BCUT2D eigenvalue weighted by molar-refractivity contribution is -0.116. The summed E-state index contributed by atoms with van der Waals surface area (Å²) in [5.41, 5.74) is 3.52. The lowest BCUT2D eigenvalue weighted by Gasteiger charge is -2.14. The zero-order valence-electron chi connectivity index (χ0n) is 16.1. The van der Waals surface area contributed by atoms with Crippen molar-refractivity contribution in [2.75, 3.05) is 12.0 Å². The second-order valence-corrected chi connectivity index (χ2v) is 7.59. The highest BCUT2D eigenvalue weighted by molar-refractivity contribution is 7.99. The normalized spacial score (nSPS) is 12.7. The highest BCUT2D eigenvalue weighted by Crippen LogP contribution is 2.21. The molecule has 0 aromatic heterocycles. The SMILES string of the molecule is C=C(O/C=C(\C)c1ccc(C)cc1)C(C)CCCCCC(=O)CSC. The summed E-state index contributed by atoms with van der Waals surface area (Å²) in [4.78, 5) is 11.5. The van der Waals surface area contributed by atoms with E-state index in [1.54, 1.807) is 18.0 Å². The highest BCUT2D eigenvalue weighted by Gasteiger charge is 2.08. The molecule has 1 atom stereocenters. The largest absolute Gasteiger partial charge is 0.469 e. The molecule has 1 aromatic carbocycles. The van der Waals surface area contributed by atoms with Gasteiger partial charge in [-0.25, -0.2) is 0 Å². The number of unbranched alkanes of at least 4 members (excludes halogenated alkanes) is 2. The van der Waals surface area contributed by atoms with E-state index in [9.17, 15) is 4.79 Å². The molecule has 0 radical (unpaired) electrons. The van der Waals surface area contributed by atoms with Crippen LogP contribution in [0, 0.1) is 12.8 Å². The smallest absolute Gasteiger partial charge is 0.142 e. The summed E-state index contributed by atoms with van der Waals surface area (Å²) in [6.07, 6.45) is 8.72. The molecular formula is C22H32O2S. The molecule has 0 heterocycles. The van der Waals surface area contributed by atoms with Crippen LogP contribution in [0.3, 0.4) is 0 Å². The van der Waals surface area contributed by atoms with Gasteiger partial charge in [0.1, 0.15) is 5.78 Å². The fraction of sp³-hybridized carbons (Fsp3) is 0.500. The average Bonchev–Trinajstić information content (AvgIpc) is 2.59. The Morgan fingerprint density at radius 3 is 2.56 bits per heavy atom. The van der Waals surface area contributed by atoms with E-state index in [2.05, 4.69) is 44.7 Å². The van der Waals surface area contributed by atoms with Gasteiger partial charge in [-0.05, 0) is 44.1 Å². The van der Waals surface area contributed by atoms with Crippen LogP contribution >= 0.6 is 11.8 Å². The predicted octanol–water partition coefficient (Wildman–Crippen LogP) is 6.40. The molecule has 0 bridgehead atoms. The molecule has 1 rings (SSSR count). The van der Waals surface area contributed by atoms with Crippen molar-refractivity contribution in [1.29, 1.82) is 0 Å². The van der Waals surface area contributed by atoms with Gasteiger partial charge in [0.25, 0.3) is 0 Å². The summed E-state index contributed by atoms with van der Waals surface area (Å²) in [5.74, 6) is 2.15. The van der Waals surface area contributed by atoms with E-state index in [-0.39, 0.29) is 0 Å². The van der Waals surface area contributed by atoms with Crippen LogP contribution in [0.15, 0.2) is 42.9 Å². The van der Waals surface area contributed by atoms with Crippen LogP contribution in [0.5, 0.6) is 0 Å². The number of ether oxygens (including phenoxy) is 1. The van der Waals surface area contributed by atoms with Crippen LogP contribution in [0.25, 0.3) is 5.57 Å². The third kappa shape index (κ3) is 8.97. The van der Waals surface area contributed by atoms with Crippen LogP contribution in [-0.4, -0.2) is 17.8 Å². The van der Waals surface area contributed by atoms with Crippen molar-refractivity contribution in [2.45, 2.75) is 52.9 Å². The molecule has 0 aliphatic heterocycles. The Hall–Kier alpha value is -1.48. The van der Waals surface area contributed by atoms with E-state index < -0.39 is 0 Å². The maximum Gasteiger partial charge on any atom is 0.142 e. The number of carbonyl (C=O) groups is 1. The van der Waals surface area contributed by atoms with Crippen molar-refractivity contribution in [3.63, 3.8) is 0 Å². The van der Waals surface area contributed by atoms with Gasteiger partial charge in [0.05, 0.1) is 17.8 Å². The van der Waals surface area contributed by atoms with Gasteiger partial charge in [-0.15, -0.1) is 0 Å². The Labute approximate surface area is 157 Å². The number of benzene rings is 1. The van der Waals surface area contributed by atoms with Crippen LogP contribution in [0.4, 0.5) is 0 Å². The maximum atomic E-state index is 11.5. The number of hydrogen-bond donors (Lipinski definition) is 0. The summed E-state index contributed by atoms with van der Waals surface area (Å²) in [6, 6.07) is 8.42. The van der Waals surface area contributed by atoms with Crippen molar-refractivity contribution >= 4 is 23.1 Å². The van der Waals surface area contributed by atoms with Gasteiger partial charge in [-0.1, -0.05) is 56.2 Å². The van der Waals surface area contributed by atoms with E-state index in [1.807, 2.05) is 13.2 Å². The number of aryl methyl sites for hydroxylation is 1. The van der Waals surface area contributed by atoms with Gasteiger partial charge in [0.2, 0.25) is 0 Å². The molecule has 1 aromatic rings. The van der Waals surface area contributed by atoms with Crippen LogP contribution in [0.1, 0.15) is 57.1 Å². The van der Waals surface area contributed by atoms with Crippen molar-refractivity contribution in [3.8, 4) is 0 Å². The number of rotatable bonds is 12. The van der Waals surface area contributed by atoms with E-state index in [0.29, 0.717) is 23.9 Å². The van der Waals surface area contributed by atoms with E-state index in [1.165, 1.54) is 11.1 Å². The molecule has 1 unspecified atom stereocenters. The quantitative estimate of drug-likeness (QED) is 0.318. The summed E-state index contributed by atoms with van der Waals surface area (Å²) < 4.78 is 5.76. The highest BCUT2D eigenvalue weighted by atomic mass is 32.2. The Morgan fingerprint density at radius 2 is 1.92 bits per heavy atom. The van der Waals surface area contributed by atoms with Crippen molar-refractivity contribution in [3.05, 3.63) is 54.0 Å². The molecule has 0 amide bonds. The van der Waals surface area contributed by atoms with Crippen molar-refractivity contribution < 1.29 is 9.53 Å². The van der Waals surface area contributed by atoms with Crippen LogP contribution < -0.4 is 0 Å². The molecule has 2 nitrogen and oxygen atoms in total. The first-order chi connectivity index (χ1) is 11.9. The summed E-state index contributed by atoms with van der Waals surface area (Å²) in [7, 11) is 0. The number of Topliss-reactive ketones (excluding diaryl/α,β-unsaturated/α-hetero) is 1. The Balaban J connectivity index is 2.28. The minimum Gasteiger partial charge on any atom is -0.469 e. The molecule has 138 valence electrons. The second kappa shape index (κ2) is 12.0. The summed E-state index contributed by atoms with van der Waals surface area (Å²) in [6.45, 7) is 10.3. The van der Waals surface area contributed by atoms with Crippen LogP contribution in [-0.2, 0) is 9.53 Å². The number of carbonyl (C=O) groups excluding carboxylic acids is 1. The van der Waals surface area contributed by atoms with Gasteiger partial charge in [0, 0.05) is 12.3 Å². The summed E-state index contributed by atoms with van der Waals surface area (Å²) in [5, 5.41) is 0. The molecule has 0 aliphatic carbocycles. The van der Waals surface area contributed by atoms with Gasteiger partial charge in [-0.2, -0.15) is 11.8 Å². The van der Waals surface area contributed by atoms with Gasteiger partial charge >= 0.3 is 0 Å². The van der Waals surface area contributed by atoms with Gasteiger partial charge in [0.15, 0.2) is 0 Å². The zero-order chi connectivity index (χ0) is 18.7. The minimum atomic E-state index is 0.323. The first-order valence-electron chi connectivity index (χ1n) is 9.04. The molecule has 3 heteroatoms. The topological polar surface area (TPSA) is 26.3 Å². The first kappa shape index (κ1) is 21.6. The average molecular weight is 361 g/mol. The van der Waals surface area contributed by atoms with Gasteiger partial charge < -0.3 is 4.74 Å². The van der Waals surface area contributed by atoms with Crippen LogP contribution in [0.2, 0.25) is 0 Å². The van der Waals surface area contributed by atoms with E-state index in [0.717, 1.165) is 37.0 Å². The molecule has 25 heavy (non-hydrogen) atoms. The molecule has 0 spiro atoms. The fourth-order valence-corrected chi connectivity index (χ4v) is 2.97. The molecule has 0 N–H and O–H groups in total. The number of hydrogen-bond acceptors (Lipinski definition) is 3. The number of thioether (sulfide) groups is 1. The minimum absolute atomic E-state index is 0.323. The maximum absolute atomic E-state index is 11.5.